The van der Waals surface area contributed by atoms with Crippen LogP contribution in [0.2, 0.25) is 0 Å². The molecule has 3 fully saturated rings. The normalized spacial score (nSPS) is 19.6. The highest BCUT2D eigenvalue weighted by atomic mass is 16.5. The van der Waals surface area contributed by atoms with Gasteiger partial charge in [0.1, 0.15) is 17.3 Å². The second kappa shape index (κ2) is 9.36. The lowest BCUT2D eigenvalue weighted by Gasteiger charge is -2.46. The molecule has 2 saturated heterocycles. The third-order valence-corrected chi connectivity index (χ3v) is 6.43. The van der Waals surface area contributed by atoms with E-state index in [0.29, 0.717) is 36.4 Å². The van der Waals surface area contributed by atoms with E-state index in [9.17, 15) is 9.59 Å². The second-order valence-corrected chi connectivity index (χ2v) is 9.09. The van der Waals surface area contributed by atoms with Crippen LogP contribution in [0.25, 0.3) is 0 Å². The summed E-state index contributed by atoms with van der Waals surface area (Å²) in [6, 6.07) is 11.2. The zero-order chi connectivity index (χ0) is 22.8. The number of rotatable bonds is 6. The molecular formula is C24H30N6O3. The van der Waals surface area contributed by atoms with Gasteiger partial charge in [0.15, 0.2) is 0 Å². The Kier molecular flexibility index (Phi) is 6.15. The van der Waals surface area contributed by atoms with Crippen LogP contribution in [-0.2, 0) is 4.79 Å². The van der Waals surface area contributed by atoms with E-state index in [-0.39, 0.29) is 17.9 Å². The first kappa shape index (κ1) is 21.7. The molecule has 2 N–H and O–H groups in total. The molecule has 3 heterocycles. The standard InChI is InChI=1S/C24H30N6O3/c1-28-15-19(16-28)29-10-12-30(13-11-29)24(32)27-22-14-21(8-9-25-22)33-20-6-4-18(5-7-20)26-23(31)17-2-3-17/h4-9,14,17,19H,2-3,10-13,15-16H2,1H3,(H,26,31)(H,25,27,32). The number of carbonyl (C=O) groups excluding carboxylic acids is 2. The average molecular weight is 451 g/mol. The van der Waals surface area contributed by atoms with Gasteiger partial charge in [-0.1, -0.05) is 0 Å². The molecule has 2 aliphatic heterocycles. The van der Waals surface area contributed by atoms with Crippen LogP contribution >= 0.6 is 0 Å². The Balaban J connectivity index is 1.12. The van der Waals surface area contributed by atoms with Crippen LogP contribution in [0.3, 0.4) is 0 Å². The average Bonchev–Trinajstić information content (AvgIpc) is 3.64. The first-order valence-corrected chi connectivity index (χ1v) is 11.6. The van der Waals surface area contributed by atoms with Crippen molar-refractivity contribution in [2.24, 2.45) is 5.92 Å². The lowest BCUT2D eigenvalue weighted by molar-refractivity contribution is -0.117. The lowest BCUT2D eigenvalue weighted by Crippen LogP contribution is -2.62. The van der Waals surface area contributed by atoms with Gasteiger partial charge in [-0.3, -0.25) is 15.0 Å². The zero-order valence-electron chi connectivity index (χ0n) is 18.9. The molecule has 0 bridgehead atoms. The maximum absolute atomic E-state index is 12.7. The summed E-state index contributed by atoms with van der Waals surface area (Å²) < 4.78 is 5.91. The Morgan fingerprint density at radius 3 is 2.36 bits per heavy atom. The minimum Gasteiger partial charge on any atom is -0.457 e. The molecule has 0 radical (unpaired) electrons. The van der Waals surface area contributed by atoms with E-state index in [0.717, 1.165) is 44.7 Å². The number of benzene rings is 1. The number of hydrogen-bond acceptors (Lipinski definition) is 6. The van der Waals surface area contributed by atoms with Crippen LogP contribution in [0.5, 0.6) is 11.5 Å². The molecule has 1 aromatic carbocycles. The molecule has 0 unspecified atom stereocenters. The quantitative estimate of drug-likeness (QED) is 0.703. The molecule has 9 heteroatoms. The molecule has 0 atom stereocenters. The van der Waals surface area contributed by atoms with Crippen LogP contribution in [0.1, 0.15) is 12.8 Å². The van der Waals surface area contributed by atoms with Crippen LogP contribution in [-0.4, -0.2) is 84.0 Å². The number of aromatic nitrogens is 1. The molecule has 0 spiro atoms. The Morgan fingerprint density at radius 1 is 0.970 bits per heavy atom. The lowest BCUT2D eigenvalue weighted by atomic mass is 10.1. The van der Waals surface area contributed by atoms with Crippen molar-refractivity contribution >= 4 is 23.4 Å². The molecule has 3 aliphatic rings. The fourth-order valence-corrected chi connectivity index (χ4v) is 4.25. The minimum absolute atomic E-state index is 0.0789. The van der Waals surface area contributed by atoms with Crippen molar-refractivity contribution < 1.29 is 14.3 Å². The summed E-state index contributed by atoms with van der Waals surface area (Å²) in [5.74, 6) is 1.92. The highest BCUT2D eigenvalue weighted by molar-refractivity contribution is 5.94. The Labute approximate surface area is 193 Å². The number of nitrogens with zero attached hydrogens (tertiary/aromatic N) is 4. The maximum Gasteiger partial charge on any atom is 0.323 e. The van der Waals surface area contributed by atoms with Gasteiger partial charge in [-0.05, 0) is 50.2 Å². The van der Waals surface area contributed by atoms with Gasteiger partial charge in [-0.25, -0.2) is 9.78 Å². The number of likely N-dealkylation sites (N-methyl/N-ethyl adjacent to an activating group) is 1. The molecule has 2 aromatic rings. The van der Waals surface area contributed by atoms with E-state index in [1.165, 1.54) is 0 Å². The summed E-state index contributed by atoms with van der Waals surface area (Å²) in [4.78, 5) is 35.4. The van der Waals surface area contributed by atoms with Crippen LogP contribution < -0.4 is 15.4 Å². The van der Waals surface area contributed by atoms with Gasteiger partial charge in [0.05, 0.1) is 0 Å². The Bertz CT molecular complexity index is 996. The van der Waals surface area contributed by atoms with E-state index >= 15 is 0 Å². The van der Waals surface area contributed by atoms with Gasteiger partial charge < -0.3 is 19.9 Å². The highest BCUT2D eigenvalue weighted by Gasteiger charge is 2.32. The van der Waals surface area contributed by atoms with E-state index in [1.807, 2.05) is 17.0 Å². The predicted octanol–water partition coefficient (Wildman–Crippen LogP) is 2.69. The van der Waals surface area contributed by atoms with Crippen molar-refractivity contribution in [3.8, 4) is 11.5 Å². The molecule has 1 aromatic heterocycles. The summed E-state index contributed by atoms with van der Waals surface area (Å²) >= 11 is 0. The van der Waals surface area contributed by atoms with E-state index < -0.39 is 0 Å². The number of hydrogen-bond donors (Lipinski definition) is 2. The van der Waals surface area contributed by atoms with Gasteiger partial charge in [-0.15, -0.1) is 0 Å². The van der Waals surface area contributed by atoms with E-state index in [1.54, 1.807) is 30.5 Å². The fourth-order valence-electron chi connectivity index (χ4n) is 4.25. The maximum atomic E-state index is 12.7. The van der Waals surface area contributed by atoms with Crippen molar-refractivity contribution in [1.82, 2.24) is 19.7 Å². The number of nitrogens with one attached hydrogen (secondary N) is 2. The molecular weight excluding hydrogens is 420 g/mol. The molecule has 9 nitrogen and oxygen atoms in total. The number of pyridine rings is 1. The van der Waals surface area contributed by atoms with E-state index in [2.05, 4.69) is 32.5 Å². The van der Waals surface area contributed by atoms with Crippen molar-refractivity contribution in [2.45, 2.75) is 18.9 Å². The molecule has 1 saturated carbocycles. The number of ether oxygens (including phenoxy) is 1. The number of amides is 3. The van der Waals surface area contributed by atoms with Crippen molar-refractivity contribution in [3.63, 3.8) is 0 Å². The smallest absolute Gasteiger partial charge is 0.323 e. The minimum atomic E-state index is -0.138. The number of carbonyl (C=O) groups is 2. The molecule has 1 aliphatic carbocycles. The van der Waals surface area contributed by atoms with Gasteiger partial charge in [0.2, 0.25) is 5.91 Å². The van der Waals surface area contributed by atoms with Crippen molar-refractivity contribution in [1.29, 1.82) is 0 Å². The number of likely N-dealkylation sites (tertiary alicyclic amines) is 1. The van der Waals surface area contributed by atoms with Gasteiger partial charge in [-0.2, -0.15) is 0 Å². The Hall–Kier alpha value is -3.17. The van der Waals surface area contributed by atoms with Gasteiger partial charge >= 0.3 is 6.03 Å². The highest BCUT2D eigenvalue weighted by Crippen LogP contribution is 2.31. The summed E-state index contributed by atoms with van der Waals surface area (Å²) in [5.41, 5.74) is 0.756. The van der Waals surface area contributed by atoms with Crippen molar-refractivity contribution in [2.75, 3.05) is 56.9 Å². The third-order valence-electron chi connectivity index (χ3n) is 6.43. The van der Waals surface area contributed by atoms with E-state index in [4.69, 9.17) is 4.74 Å². The fraction of sp³-hybridized carbons (Fsp3) is 0.458. The first-order valence-electron chi connectivity index (χ1n) is 11.6. The third kappa shape index (κ3) is 5.43. The first-order chi connectivity index (χ1) is 16.0. The van der Waals surface area contributed by atoms with Gasteiger partial charge in [0, 0.05) is 69.2 Å². The molecule has 3 amide bonds. The number of anilines is 2. The summed E-state index contributed by atoms with van der Waals surface area (Å²) in [5, 5.41) is 5.80. The molecule has 174 valence electrons. The monoisotopic (exact) mass is 450 g/mol. The molecule has 5 rings (SSSR count). The number of piperazine rings is 1. The zero-order valence-corrected chi connectivity index (χ0v) is 18.9. The predicted molar refractivity (Wildman–Crippen MR) is 126 cm³/mol. The largest absolute Gasteiger partial charge is 0.457 e. The summed E-state index contributed by atoms with van der Waals surface area (Å²) in [7, 11) is 2.13. The summed E-state index contributed by atoms with van der Waals surface area (Å²) in [6.07, 6.45) is 3.56. The summed E-state index contributed by atoms with van der Waals surface area (Å²) in [6.45, 7) is 5.46. The van der Waals surface area contributed by atoms with Crippen LogP contribution in [0, 0.1) is 5.92 Å². The molecule has 33 heavy (non-hydrogen) atoms. The second-order valence-electron chi connectivity index (χ2n) is 9.09. The van der Waals surface area contributed by atoms with Gasteiger partial charge in [0.25, 0.3) is 0 Å². The SMILES string of the molecule is CN1CC(N2CCN(C(=O)Nc3cc(Oc4ccc(NC(=O)C5CC5)cc4)ccn3)CC2)C1. The van der Waals surface area contributed by atoms with Crippen LogP contribution in [0.4, 0.5) is 16.3 Å². The van der Waals surface area contributed by atoms with Crippen molar-refractivity contribution in [3.05, 3.63) is 42.6 Å². The topological polar surface area (TPSA) is 90.0 Å². The van der Waals surface area contributed by atoms with Crippen LogP contribution in [0.15, 0.2) is 42.6 Å². The Morgan fingerprint density at radius 2 is 1.70 bits per heavy atom. The number of urea groups is 1.